The number of amides is 1. The van der Waals surface area contributed by atoms with Gasteiger partial charge < -0.3 is 37.8 Å². The van der Waals surface area contributed by atoms with Crippen LogP contribution in [0.2, 0.25) is 0 Å². The van der Waals surface area contributed by atoms with Gasteiger partial charge in [-0.3, -0.25) is 4.79 Å². The summed E-state index contributed by atoms with van der Waals surface area (Å²) in [7, 11) is 0. The average Bonchev–Trinajstić information content (AvgIpc) is 3.04. The Hall–Kier alpha value is -2.52. The Balaban J connectivity index is 0.000000266. The number of hydrogen-bond acceptors (Lipinski definition) is 7. The summed E-state index contributed by atoms with van der Waals surface area (Å²) in [5.41, 5.74) is 18.9. The molecule has 4 aromatic rings. The van der Waals surface area contributed by atoms with Crippen LogP contribution < -0.4 is 22.5 Å². The summed E-state index contributed by atoms with van der Waals surface area (Å²) in [6.45, 7) is 0. The third-order valence-corrected chi connectivity index (χ3v) is 9.69. The first-order chi connectivity index (χ1) is 21.5. The summed E-state index contributed by atoms with van der Waals surface area (Å²) >= 11 is 6.83. The van der Waals surface area contributed by atoms with Crippen molar-refractivity contribution >= 4 is 104 Å². The van der Waals surface area contributed by atoms with E-state index < -0.39 is 12.1 Å². The molecular weight excluding hydrogens is 768 g/mol. The molecule has 13 heteroatoms. The van der Waals surface area contributed by atoms with Crippen molar-refractivity contribution in [2.75, 3.05) is 11.5 Å². The van der Waals surface area contributed by atoms with Crippen LogP contribution in [-0.4, -0.2) is 51.5 Å². The van der Waals surface area contributed by atoms with Gasteiger partial charge in [-0.2, -0.15) is 27.0 Å². The summed E-state index contributed by atoms with van der Waals surface area (Å²) in [6, 6.07) is 18.3. The second-order valence-electron chi connectivity index (χ2n) is 11.5. The fraction of sp³-hybridized carbons (Fsp3) is 0.353. The monoisotopic (exact) mass is 810 g/mol. The number of aliphatic hydroxyl groups is 2. The number of benzene rings is 4. The zero-order valence-electron chi connectivity index (χ0n) is 25.9. The summed E-state index contributed by atoms with van der Waals surface area (Å²) in [4.78, 5) is 23.5. The van der Waals surface area contributed by atoms with Gasteiger partial charge in [0.1, 0.15) is 0 Å². The van der Waals surface area contributed by atoms with Crippen molar-refractivity contribution in [2.24, 2.45) is 5.73 Å². The molecule has 2 aliphatic rings. The molecule has 1 amide bonds. The number of carboxylic acid groups (broad SMARTS) is 1. The first kappa shape index (κ1) is 40.7. The molecule has 0 aliphatic heterocycles. The largest absolute Gasteiger partial charge is 0.478 e. The van der Waals surface area contributed by atoms with Gasteiger partial charge in [0.25, 0.3) is 5.91 Å². The normalized spacial score (nSPS) is 20.3. The molecule has 0 unspecified atom stereocenters. The number of fused-ring (bicyclic) bond motifs is 2. The minimum atomic E-state index is -1.01. The summed E-state index contributed by atoms with van der Waals surface area (Å²) in [6.07, 6.45) is 7.14. The Kier molecular flexibility index (Phi) is 16.3. The van der Waals surface area contributed by atoms with Crippen molar-refractivity contribution < 1.29 is 24.9 Å². The Morgan fingerprint density at radius 1 is 0.681 bits per heavy atom. The van der Waals surface area contributed by atoms with Crippen molar-refractivity contribution in [2.45, 2.75) is 75.7 Å². The predicted octanol–water partition coefficient (Wildman–Crippen LogP) is 6.57. The quantitative estimate of drug-likeness (QED) is 0.113. The zero-order chi connectivity index (χ0) is 32.7. The fourth-order valence-electron chi connectivity index (χ4n) is 5.74. The van der Waals surface area contributed by atoms with E-state index in [0.717, 1.165) is 75.4 Å². The number of carbonyl (C=O) groups is 2. The van der Waals surface area contributed by atoms with E-state index in [2.05, 4.69) is 37.2 Å². The number of carbonyl (C=O) groups excluding carboxylic acids is 1. The van der Waals surface area contributed by atoms with E-state index in [1.54, 1.807) is 6.07 Å². The van der Waals surface area contributed by atoms with Crippen molar-refractivity contribution in [1.82, 2.24) is 5.32 Å². The number of aromatic carboxylic acids is 1. The predicted molar refractivity (Wildman–Crippen MR) is 208 cm³/mol. The molecule has 9 nitrogen and oxygen atoms in total. The lowest BCUT2D eigenvalue weighted by Crippen LogP contribution is -2.45. The van der Waals surface area contributed by atoms with E-state index in [4.69, 9.17) is 27.4 Å². The first-order valence-electron chi connectivity index (χ1n) is 15.1. The smallest absolute Gasteiger partial charge is 0.337 e. The molecule has 0 aromatic heterocycles. The Labute approximate surface area is 305 Å². The van der Waals surface area contributed by atoms with Gasteiger partial charge in [-0.25, -0.2) is 4.79 Å². The molecule has 47 heavy (non-hydrogen) atoms. The van der Waals surface area contributed by atoms with Gasteiger partial charge >= 0.3 is 5.97 Å². The number of aliphatic hydroxyl groups excluding tert-OH is 2. The van der Waals surface area contributed by atoms with Gasteiger partial charge in [-0.15, -0.1) is 0 Å². The van der Waals surface area contributed by atoms with E-state index in [1.165, 1.54) is 12.5 Å². The molecular formula is C34H44Br2N4O5S2. The van der Waals surface area contributed by atoms with Crippen LogP contribution >= 0.6 is 58.9 Å². The maximum Gasteiger partial charge on any atom is 0.337 e. The molecule has 2 saturated carbocycles. The Morgan fingerprint density at radius 3 is 1.55 bits per heavy atom. The van der Waals surface area contributed by atoms with Crippen LogP contribution in [0.4, 0.5) is 11.4 Å². The number of carboxylic acids is 1. The van der Waals surface area contributed by atoms with Crippen LogP contribution in [0.25, 0.3) is 21.5 Å². The molecule has 0 bridgehead atoms. The molecule has 6 rings (SSSR count). The number of nitrogens with two attached hydrogens (primary N) is 3. The number of rotatable bonds is 3. The van der Waals surface area contributed by atoms with Gasteiger partial charge in [0, 0.05) is 25.8 Å². The van der Waals surface area contributed by atoms with E-state index in [1.807, 2.05) is 48.5 Å². The number of hydrogen-bond donors (Lipinski definition) is 7. The number of anilines is 2. The highest BCUT2D eigenvalue weighted by atomic mass is 79.9. The zero-order valence-corrected chi connectivity index (χ0v) is 31.1. The van der Waals surface area contributed by atoms with Crippen LogP contribution in [0.5, 0.6) is 0 Å². The highest BCUT2D eigenvalue weighted by Gasteiger charge is 2.26. The topological polar surface area (TPSA) is 185 Å². The second kappa shape index (κ2) is 18.9. The molecule has 0 spiro atoms. The minimum Gasteiger partial charge on any atom is -0.478 e. The second-order valence-corrected chi connectivity index (χ2v) is 13.2. The standard InChI is InChI=1S/C17H19BrN2O2.C11H8BrNO2.C6H13NO.2H2S/c18-13-9-12(16(19)11-6-2-1-5-10(11)13)17(22)20-14-7-3-4-8-15(14)21;12-9-5-8(11(14)15)10(13)7-4-2-1-3-6(7)9;7-5-3-1-2-4-6(5)8;;/h1-2,5-6,9,14-15,21H,3-4,7-8,19H2,(H,20,22);1-5H,13H2,(H,14,15);5-6,8H,1-4,7H2;2*1H2/t14-,15-;;5-,6-;;/m0.0../s1. The van der Waals surface area contributed by atoms with Gasteiger partial charge in [0.05, 0.1) is 40.8 Å². The average molecular weight is 813 g/mol. The highest BCUT2D eigenvalue weighted by molar-refractivity contribution is 9.11. The van der Waals surface area contributed by atoms with Crippen LogP contribution in [0.3, 0.4) is 0 Å². The lowest BCUT2D eigenvalue weighted by atomic mass is 9.92. The van der Waals surface area contributed by atoms with Crippen LogP contribution in [0, 0.1) is 0 Å². The summed E-state index contributed by atoms with van der Waals surface area (Å²) in [5.74, 6) is -1.24. The van der Waals surface area contributed by atoms with E-state index >= 15 is 0 Å². The van der Waals surface area contributed by atoms with Crippen molar-refractivity contribution in [3.8, 4) is 0 Å². The van der Waals surface area contributed by atoms with E-state index in [-0.39, 0.29) is 56.6 Å². The van der Waals surface area contributed by atoms with Gasteiger partial charge in [-0.1, -0.05) is 106 Å². The van der Waals surface area contributed by atoms with Crippen molar-refractivity contribution in [1.29, 1.82) is 0 Å². The summed E-state index contributed by atoms with van der Waals surface area (Å²) < 4.78 is 1.58. The third-order valence-electron chi connectivity index (χ3n) is 8.37. The van der Waals surface area contributed by atoms with Gasteiger partial charge in [0.2, 0.25) is 0 Å². The minimum absolute atomic E-state index is 0. The van der Waals surface area contributed by atoms with Crippen LogP contribution in [0.1, 0.15) is 72.1 Å². The number of nitrogens with one attached hydrogen (secondary N) is 1. The molecule has 2 fully saturated rings. The molecule has 10 N–H and O–H groups in total. The van der Waals surface area contributed by atoms with Gasteiger partial charge in [0.15, 0.2) is 0 Å². The molecule has 0 heterocycles. The lowest BCUT2D eigenvalue weighted by molar-refractivity contribution is 0.0697. The lowest BCUT2D eigenvalue weighted by Gasteiger charge is -2.28. The number of nitrogen functional groups attached to an aromatic ring is 2. The van der Waals surface area contributed by atoms with Crippen molar-refractivity contribution in [3.05, 3.63) is 80.7 Å². The molecule has 0 saturated heterocycles. The van der Waals surface area contributed by atoms with Crippen LogP contribution in [0.15, 0.2) is 69.6 Å². The van der Waals surface area contributed by atoms with Gasteiger partial charge in [-0.05, 0) is 48.6 Å². The first-order valence-corrected chi connectivity index (χ1v) is 16.7. The van der Waals surface area contributed by atoms with E-state index in [9.17, 15) is 14.7 Å². The Morgan fingerprint density at radius 2 is 1.11 bits per heavy atom. The molecule has 4 atom stereocenters. The maximum atomic E-state index is 12.6. The molecule has 0 radical (unpaired) electrons. The highest BCUT2D eigenvalue weighted by Crippen LogP contribution is 2.33. The van der Waals surface area contributed by atoms with Crippen molar-refractivity contribution in [3.63, 3.8) is 0 Å². The third kappa shape index (κ3) is 10.2. The molecule has 4 aromatic carbocycles. The maximum absolute atomic E-state index is 12.6. The number of halogens is 2. The fourth-order valence-corrected chi connectivity index (χ4v) is 6.89. The van der Waals surface area contributed by atoms with E-state index in [0.29, 0.717) is 16.9 Å². The Bertz CT molecular complexity index is 1670. The van der Waals surface area contributed by atoms with Crippen LogP contribution in [-0.2, 0) is 0 Å². The summed E-state index contributed by atoms with van der Waals surface area (Å²) in [5, 5.41) is 34.4. The SMILES string of the molecule is N[C@H]1CCCC[C@@H]1O.Nc1c(C(=O)N[C@H]2CCCC[C@@H]2O)cc(Br)c2ccccc12.Nc1c(C(=O)O)cc(Br)c2ccccc12.S.S. The molecule has 256 valence electrons. The molecule has 2 aliphatic carbocycles.